The quantitative estimate of drug-likeness (QED) is 0.116. The molecule has 3 rings (SSSR count). The molecular weight excluding hydrogens is 530 g/mol. The van der Waals surface area contributed by atoms with Gasteiger partial charge in [0.2, 0.25) is 11.8 Å². The van der Waals surface area contributed by atoms with Gasteiger partial charge < -0.3 is 40.4 Å². The van der Waals surface area contributed by atoms with E-state index < -0.39 is 29.9 Å². The minimum atomic E-state index is -0.802. The van der Waals surface area contributed by atoms with Crippen molar-refractivity contribution in [2.24, 2.45) is 11.7 Å². The molecule has 0 aromatic rings. The first-order valence-corrected chi connectivity index (χ1v) is 14.5. The molecule has 5 N–H and O–H groups in total. The van der Waals surface area contributed by atoms with Crippen molar-refractivity contribution in [3.05, 3.63) is 36.0 Å². The smallest absolute Gasteiger partial charge is 0.303 e. The van der Waals surface area contributed by atoms with E-state index in [0.29, 0.717) is 32.5 Å². The molecule has 230 valence electrons. The minimum Gasteiger partial charge on any atom is -0.459 e. The first-order valence-electron chi connectivity index (χ1n) is 14.5. The molecule has 0 aromatic heterocycles. The van der Waals surface area contributed by atoms with E-state index in [0.717, 1.165) is 12.0 Å². The number of hydrogen-bond acceptors (Lipinski definition) is 9. The van der Waals surface area contributed by atoms with Crippen LogP contribution in [0.4, 0.5) is 0 Å². The van der Waals surface area contributed by atoms with Crippen LogP contribution in [0.2, 0.25) is 0 Å². The molecule has 9 atom stereocenters. The third kappa shape index (κ3) is 10.0. The lowest BCUT2D eigenvalue weighted by Crippen LogP contribution is -2.51. The molecule has 41 heavy (non-hydrogen) atoms. The van der Waals surface area contributed by atoms with E-state index in [-0.39, 0.29) is 48.5 Å². The standard InChI is InChI=1S/C30H47N3O8/c1-18(7-10-26-29(37)30(17-38-30)16-23(41-26)15-28(36)32-13-12-31)6-9-25-19(2)14-24(21(4)40-25)33-27(35)11-8-20(3)39-22(5)34/h6-8,10-11,19-21,23-26,29,37H,9,12-17,31H2,1-5H3,(H,32,36)(H,33,35)/t19-,20?,21+,23+,24+,25-,26+,29+,30+/m0/s1. The van der Waals surface area contributed by atoms with Crippen molar-refractivity contribution in [3.8, 4) is 0 Å². The minimum absolute atomic E-state index is 0.00268. The van der Waals surface area contributed by atoms with Crippen molar-refractivity contribution < 1.29 is 38.4 Å². The van der Waals surface area contributed by atoms with E-state index in [1.54, 1.807) is 13.0 Å². The normalized spacial score (nSPS) is 34.5. The summed E-state index contributed by atoms with van der Waals surface area (Å²) >= 11 is 0. The van der Waals surface area contributed by atoms with Gasteiger partial charge in [0, 0.05) is 32.5 Å². The SMILES string of the molecule is CC(=O)OC(C)C=CC(=O)N[C@@H]1C[C@H](C)[C@H](CC=C(C)C=C[C@H]2O[C@H](CC(=O)NCCN)C[C@@]3(CO3)[C@@H]2O)O[C@@H]1C. The van der Waals surface area contributed by atoms with Crippen LogP contribution in [0.5, 0.6) is 0 Å². The third-order valence-corrected chi connectivity index (χ3v) is 7.80. The lowest BCUT2D eigenvalue weighted by molar-refractivity contribution is -0.145. The highest BCUT2D eigenvalue weighted by Gasteiger charge is 2.58. The highest BCUT2D eigenvalue weighted by Crippen LogP contribution is 2.43. The van der Waals surface area contributed by atoms with Gasteiger partial charge in [-0.25, -0.2) is 0 Å². The topological polar surface area (TPSA) is 162 Å². The van der Waals surface area contributed by atoms with E-state index in [1.165, 1.54) is 13.0 Å². The summed E-state index contributed by atoms with van der Waals surface area (Å²) in [6.07, 6.45) is 8.56. The number of epoxide rings is 1. The van der Waals surface area contributed by atoms with Crippen LogP contribution in [-0.2, 0) is 33.3 Å². The van der Waals surface area contributed by atoms with Gasteiger partial charge in [-0.05, 0) is 45.6 Å². The number of nitrogens with one attached hydrogen (secondary N) is 2. The predicted molar refractivity (Wildman–Crippen MR) is 153 cm³/mol. The molecule has 3 aliphatic rings. The summed E-state index contributed by atoms with van der Waals surface area (Å²) in [4.78, 5) is 35.6. The lowest BCUT2D eigenvalue weighted by atomic mass is 9.87. The molecule has 0 aromatic carbocycles. The van der Waals surface area contributed by atoms with Crippen LogP contribution in [-0.4, -0.2) is 90.9 Å². The summed E-state index contributed by atoms with van der Waals surface area (Å²) in [6.45, 7) is 10.3. The van der Waals surface area contributed by atoms with E-state index in [9.17, 15) is 19.5 Å². The molecule has 11 heteroatoms. The van der Waals surface area contributed by atoms with Crippen LogP contribution in [0.3, 0.4) is 0 Å². The molecule has 11 nitrogen and oxygen atoms in total. The maximum atomic E-state index is 12.4. The number of esters is 1. The number of amides is 2. The molecule has 1 spiro atoms. The maximum absolute atomic E-state index is 12.4. The molecule has 3 aliphatic heterocycles. The summed E-state index contributed by atoms with van der Waals surface area (Å²) < 4.78 is 22.9. The summed E-state index contributed by atoms with van der Waals surface area (Å²) in [5.41, 5.74) is 5.82. The van der Waals surface area contributed by atoms with Crippen molar-refractivity contribution in [3.63, 3.8) is 0 Å². The number of aliphatic hydroxyl groups excluding tert-OH is 1. The van der Waals surface area contributed by atoms with E-state index >= 15 is 0 Å². The zero-order valence-corrected chi connectivity index (χ0v) is 24.8. The van der Waals surface area contributed by atoms with Gasteiger partial charge in [0.15, 0.2) is 0 Å². The second-order valence-electron chi connectivity index (χ2n) is 11.5. The van der Waals surface area contributed by atoms with Crippen LogP contribution in [0.15, 0.2) is 36.0 Å². The van der Waals surface area contributed by atoms with Crippen LogP contribution < -0.4 is 16.4 Å². The van der Waals surface area contributed by atoms with Gasteiger partial charge in [-0.3, -0.25) is 14.4 Å². The van der Waals surface area contributed by atoms with E-state index in [2.05, 4.69) is 23.6 Å². The fraction of sp³-hybridized carbons (Fsp3) is 0.700. The zero-order chi connectivity index (χ0) is 30.2. The number of carbonyl (C=O) groups is 3. The average Bonchev–Trinajstić information content (AvgIpc) is 3.68. The number of hydrogen-bond donors (Lipinski definition) is 4. The van der Waals surface area contributed by atoms with Crippen LogP contribution in [0, 0.1) is 5.92 Å². The monoisotopic (exact) mass is 577 g/mol. The van der Waals surface area contributed by atoms with Crippen molar-refractivity contribution in [1.29, 1.82) is 0 Å². The Hall–Kier alpha value is -2.57. The van der Waals surface area contributed by atoms with Gasteiger partial charge in [0.25, 0.3) is 0 Å². The Morgan fingerprint density at radius 3 is 2.59 bits per heavy atom. The van der Waals surface area contributed by atoms with Crippen molar-refractivity contribution in [2.45, 2.75) is 109 Å². The second kappa shape index (κ2) is 15.1. The Bertz CT molecular complexity index is 1010. The zero-order valence-electron chi connectivity index (χ0n) is 24.8. The Kier molecular flexibility index (Phi) is 12.1. The molecule has 0 radical (unpaired) electrons. The molecule has 2 amide bonds. The summed E-state index contributed by atoms with van der Waals surface area (Å²) in [5.74, 6) is -0.559. The second-order valence-corrected chi connectivity index (χ2v) is 11.5. The third-order valence-electron chi connectivity index (χ3n) is 7.80. The number of aliphatic hydroxyl groups is 1. The van der Waals surface area contributed by atoms with Crippen molar-refractivity contribution in [2.75, 3.05) is 19.7 Å². The van der Waals surface area contributed by atoms with Gasteiger partial charge >= 0.3 is 5.97 Å². The molecule has 0 saturated carbocycles. The molecule has 1 unspecified atom stereocenters. The fourth-order valence-electron chi connectivity index (χ4n) is 5.38. The van der Waals surface area contributed by atoms with Crippen molar-refractivity contribution in [1.82, 2.24) is 10.6 Å². The van der Waals surface area contributed by atoms with Gasteiger partial charge in [-0.2, -0.15) is 0 Å². The van der Waals surface area contributed by atoms with Gasteiger partial charge in [0.05, 0.1) is 37.4 Å². The van der Waals surface area contributed by atoms with Crippen LogP contribution in [0.1, 0.15) is 60.3 Å². The molecule has 3 fully saturated rings. The Morgan fingerprint density at radius 2 is 1.93 bits per heavy atom. The first-order chi connectivity index (χ1) is 19.4. The van der Waals surface area contributed by atoms with Crippen LogP contribution >= 0.6 is 0 Å². The molecule has 3 saturated heterocycles. The number of ether oxygens (including phenoxy) is 4. The van der Waals surface area contributed by atoms with Crippen LogP contribution in [0.25, 0.3) is 0 Å². The number of nitrogens with two attached hydrogens (primary N) is 1. The maximum Gasteiger partial charge on any atom is 0.303 e. The Morgan fingerprint density at radius 1 is 1.20 bits per heavy atom. The molecule has 0 aliphatic carbocycles. The summed E-state index contributed by atoms with van der Waals surface area (Å²) in [6, 6.07) is -0.125. The Balaban J connectivity index is 1.49. The lowest BCUT2D eigenvalue weighted by Gasteiger charge is -2.39. The van der Waals surface area contributed by atoms with Crippen molar-refractivity contribution >= 4 is 17.8 Å². The largest absolute Gasteiger partial charge is 0.459 e. The summed E-state index contributed by atoms with van der Waals surface area (Å²) in [5, 5.41) is 16.6. The van der Waals surface area contributed by atoms with E-state index in [4.69, 9.17) is 24.7 Å². The first kappa shape index (κ1) is 32.9. The Labute approximate surface area is 242 Å². The molecular formula is C30H47N3O8. The highest BCUT2D eigenvalue weighted by atomic mass is 16.6. The summed E-state index contributed by atoms with van der Waals surface area (Å²) in [7, 11) is 0. The predicted octanol–water partition coefficient (Wildman–Crippen LogP) is 1.44. The van der Waals surface area contributed by atoms with Gasteiger partial charge in [-0.1, -0.05) is 30.7 Å². The average molecular weight is 578 g/mol. The number of carbonyl (C=O) groups excluding carboxylic acids is 3. The van der Waals surface area contributed by atoms with Gasteiger partial charge in [-0.15, -0.1) is 0 Å². The van der Waals surface area contributed by atoms with Gasteiger partial charge in [0.1, 0.15) is 23.9 Å². The highest BCUT2D eigenvalue weighted by molar-refractivity contribution is 5.87. The number of allylic oxidation sites excluding steroid dienone is 2. The fourth-order valence-corrected chi connectivity index (χ4v) is 5.38. The molecule has 3 heterocycles. The number of rotatable bonds is 12. The molecule has 0 bridgehead atoms. The van der Waals surface area contributed by atoms with E-state index in [1.807, 2.05) is 26.0 Å².